The number of nitrogens with zero attached hydrogens (tertiary/aromatic N) is 4. The molecule has 0 fully saturated rings. The number of rotatable bonds is 10. The fourth-order valence-corrected chi connectivity index (χ4v) is 5.82. The molecular formula is C34H29FN8O2S. The lowest BCUT2D eigenvalue weighted by atomic mass is 10.0. The summed E-state index contributed by atoms with van der Waals surface area (Å²) in [5, 5.41) is 11.0. The molecule has 7 aromatic rings. The highest BCUT2D eigenvalue weighted by Gasteiger charge is 2.18. The number of halogens is 1. The third-order valence-corrected chi connectivity index (χ3v) is 8.21. The van der Waals surface area contributed by atoms with E-state index in [9.17, 15) is 12.8 Å². The second-order valence-corrected chi connectivity index (χ2v) is 12.9. The molecule has 230 valence electrons. The third kappa shape index (κ3) is 6.40. The Morgan fingerprint density at radius 1 is 0.761 bits per heavy atom. The second kappa shape index (κ2) is 12.2. The van der Waals surface area contributed by atoms with Crippen LogP contribution in [0.1, 0.15) is 16.7 Å². The summed E-state index contributed by atoms with van der Waals surface area (Å²) in [6.45, 7) is 1.40. The van der Waals surface area contributed by atoms with E-state index < -0.39 is 15.8 Å². The van der Waals surface area contributed by atoms with Crippen LogP contribution in [0.2, 0.25) is 0 Å². The minimum atomic E-state index is -3.44. The third-order valence-electron chi connectivity index (χ3n) is 7.54. The Labute approximate surface area is 264 Å². The summed E-state index contributed by atoms with van der Waals surface area (Å²) in [5.41, 5.74) is 8.95. The monoisotopic (exact) mass is 632 g/mol. The first-order valence-electron chi connectivity index (χ1n) is 14.6. The quantitative estimate of drug-likeness (QED) is 0.151. The SMILES string of the molecule is CS(=O)(=O)NCc1cc(F)cc(-c2cccc3[nH]c(-c4n[nH]c5ccc(-c6cncc(CNCc7ccccc7)c6)nc45)nc23)c1. The maximum atomic E-state index is 14.6. The molecule has 12 heteroatoms. The number of hydrogen-bond acceptors (Lipinski definition) is 7. The highest BCUT2D eigenvalue weighted by molar-refractivity contribution is 7.88. The fourth-order valence-electron chi connectivity index (χ4n) is 5.40. The van der Waals surface area contributed by atoms with Gasteiger partial charge in [-0.1, -0.05) is 42.5 Å². The van der Waals surface area contributed by atoms with Gasteiger partial charge in [0.2, 0.25) is 10.0 Å². The van der Waals surface area contributed by atoms with Crippen molar-refractivity contribution in [2.45, 2.75) is 19.6 Å². The van der Waals surface area contributed by atoms with Crippen LogP contribution in [0.15, 0.2) is 97.3 Å². The minimum absolute atomic E-state index is 0.0265. The molecule has 0 saturated heterocycles. The largest absolute Gasteiger partial charge is 0.336 e. The normalized spacial score (nSPS) is 11.9. The molecule has 4 heterocycles. The molecule has 0 aliphatic carbocycles. The summed E-state index contributed by atoms with van der Waals surface area (Å²) >= 11 is 0. The number of aromatic amines is 2. The van der Waals surface area contributed by atoms with Gasteiger partial charge in [-0.25, -0.2) is 27.5 Å². The molecule has 0 bridgehead atoms. The van der Waals surface area contributed by atoms with Crippen LogP contribution in [0.3, 0.4) is 0 Å². The Kier molecular flexibility index (Phi) is 7.83. The summed E-state index contributed by atoms with van der Waals surface area (Å²) in [7, 11) is -3.44. The van der Waals surface area contributed by atoms with Crippen LogP contribution >= 0.6 is 0 Å². The molecule has 0 aliphatic rings. The van der Waals surface area contributed by atoms with Crippen molar-refractivity contribution < 1.29 is 12.8 Å². The number of fused-ring (bicyclic) bond motifs is 2. The smallest absolute Gasteiger partial charge is 0.209 e. The molecule has 4 N–H and O–H groups in total. The predicted octanol–water partition coefficient (Wildman–Crippen LogP) is 5.71. The summed E-state index contributed by atoms with van der Waals surface area (Å²) in [5.74, 6) is 0.0295. The Morgan fingerprint density at radius 3 is 2.43 bits per heavy atom. The molecule has 10 nitrogen and oxygen atoms in total. The van der Waals surface area contributed by atoms with E-state index >= 15 is 0 Å². The number of para-hydroxylation sites is 1. The van der Waals surface area contributed by atoms with Crippen LogP contribution in [-0.4, -0.2) is 44.8 Å². The van der Waals surface area contributed by atoms with Gasteiger partial charge >= 0.3 is 0 Å². The number of pyridine rings is 2. The average molecular weight is 633 g/mol. The molecule has 0 spiro atoms. The molecule has 0 saturated carbocycles. The lowest BCUT2D eigenvalue weighted by molar-refractivity contribution is 0.586. The van der Waals surface area contributed by atoms with Crippen LogP contribution in [0.5, 0.6) is 0 Å². The van der Waals surface area contributed by atoms with Gasteiger partial charge in [-0.05, 0) is 64.7 Å². The standard InChI is InChI=1S/C34H29FN8O2S/c1-46(44,45)38-19-22-12-24(15-26(35)14-22)27-8-5-9-29-31(27)41-34(40-29)33-32-30(42-43-33)11-10-28(39-32)25-13-23(18-37-20-25)17-36-16-21-6-3-2-4-7-21/h2-15,18,20,36,38H,16-17,19H2,1H3,(H,40,41)(H,42,43). The lowest BCUT2D eigenvalue weighted by Crippen LogP contribution is -2.21. The highest BCUT2D eigenvalue weighted by atomic mass is 32.2. The van der Waals surface area contributed by atoms with Gasteiger partial charge in [0, 0.05) is 43.2 Å². The number of sulfonamides is 1. The molecular weight excluding hydrogens is 603 g/mol. The first kappa shape index (κ1) is 29.4. The van der Waals surface area contributed by atoms with Crippen molar-refractivity contribution in [3.63, 3.8) is 0 Å². The molecule has 7 rings (SSSR count). The minimum Gasteiger partial charge on any atom is -0.336 e. The number of imidazole rings is 1. The zero-order valence-corrected chi connectivity index (χ0v) is 25.6. The van der Waals surface area contributed by atoms with Gasteiger partial charge in [-0.2, -0.15) is 5.10 Å². The zero-order valence-electron chi connectivity index (χ0n) is 24.8. The van der Waals surface area contributed by atoms with Gasteiger partial charge in [-0.3, -0.25) is 10.1 Å². The van der Waals surface area contributed by atoms with E-state index in [0.717, 1.165) is 40.7 Å². The van der Waals surface area contributed by atoms with Gasteiger partial charge in [-0.15, -0.1) is 0 Å². The van der Waals surface area contributed by atoms with Crippen LogP contribution < -0.4 is 10.0 Å². The summed E-state index contributed by atoms with van der Waals surface area (Å²) < 4.78 is 40.2. The molecule has 3 aromatic carbocycles. The highest BCUT2D eigenvalue weighted by Crippen LogP contribution is 2.32. The Hall–Kier alpha value is -5.30. The molecule has 0 unspecified atom stereocenters. The van der Waals surface area contributed by atoms with E-state index in [1.165, 1.54) is 17.7 Å². The van der Waals surface area contributed by atoms with Crippen LogP contribution in [0.25, 0.3) is 56.0 Å². The van der Waals surface area contributed by atoms with Crippen molar-refractivity contribution in [2.24, 2.45) is 0 Å². The average Bonchev–Trinajstić information content (AvgIpc) is 3.68. The number of aromatic nitrogens is 6. The van der Waals surface area contributed by atoms with Crippen molar-refractivity contribution in [2.75, 3.05) is 6.26 Å². The van der Waals surface area contributed by atoms with Crippen molar-refractivity contribution in [1.29, 1.82) is 0 Å². The Bertz CT molecular complexity index is 2300. The maximum absolute atomic E-state index is 14.6. The van der Waals surface area contributed by atoms with Gasteiger partial charge in [0.05, 0.1) is 28.5 Å². The van der Waals surface area contributed by atoms with Crippen molar-refractivity contribution >= 4 is 32.1 Å². The van der Waals surface area contributed by atoms with Gasteiger partial charge < -0.3 is 10.3 Å². The Balaban J connectivity index is 1.19. The van der Waals surface area contributed by atoms with E-state index in [2.05, 4.69) is 48.4 Å². The summed E-state index contributed by atoms with van der Waals surface area (Å²) in [4.78, 5) is 17.6. The number of nitrogens with one attached hydrogen (secondary N) is 4. The summed E-state index contributed by atoms with van der Waals surface area (Å²) in [6, 6.07) is 26.2. The predicted molar refractivity (Wildman–Crippen MR) is 176 cm³/mol. The molecule has 46 heavy (non-hydrogen) atoms. The fraction of sp³-hybridized carbons (Fsp3) is 0.118. The lowest BCUT2D eigenvalue weighted by Gasteiger charge is -2.08. The van der Waals surface area contributed by atoms with Crippen LogP contribution in [0, 0.1) is 5.82 Å². The van der Waals surface area contributed by atoms with Crippen LogP contribution in [-0.2, 0) is 29.7 Å². The maximum Gasteiger partial charge on any atom is 0.209 e. The number of hydrogen-bond donors (Lipinski definition) is 4. The zero-order chi connectivity index (χ0) is 31.7. The van der Waals surface area contributed by atoms with Crippen molar-refractivity contribution in [3.05, 3.63) is 120 Å². The van der Waals surface area contributed by atoms with E-state index in [1.54, 1.807) is 12.3 Å². The van der Waals surface area contributed by atoms with Gasteiger partial charge in [0.1, 0.15) is 11.3 Å². The van der Waals surface area contributed by atoms with E-state index in [-0.39, 0.29) is 6.54 Å². The Morgan fingerprint density at radius 2 is 1.59 bits per heavy atom. The molecule has 4 aromatic heterocycles. The van der Waals surface area contributed by atoms with E-state index in [0.29, 0.717) is 45.8 Å². The van der Waals surface area contributed by atoms with Gasteiger partial charge in [0.15, 0.2) is 11.5 Å². The second-order valence-electron chi connectivity index (χ2n) is 11.1. The molecule has 0 amide bonds. The van der Waals surface area contributed by atoms with Crippen molar-refractivity contribution in [3.8, 4) is 33.9 Å². The first-order valence-corrected chi connectivity index (χ1v) is 16.5. The molecule has 0 atom stereocenters. The van der Waals surface area contributed by atoms with Crippen molar-refractivity contribution in [1.82, 2.24) is 40.2 Å². The summed E-state index contributed by atoms with van der Waals surface area (Å²) in [6.07, 6.45) is 4.70. The topological polar surface area (TPSA) is 141 Å². The van der Waals surface area contributed by atoms with Crippen LogP contribution in [0.4, 0.5) is 4.39 Å². The van der Waals surface area contributed by atoms with E-state index in [1.807, 2.05) is 54.7 Å². The van der Waals surface area contributed by atoms with Gasteiger partial charge in [0.25, 0.3) is 0 Å². The first-order chi connectivity index (χ1) is 22.3. The number of benzene rings is 3. The molecule has 0 aliphatic heterocycles. The molecule has 0 radical (unpaired) electrons. The van der Waals surface area contributed by atoms with E-state index in [4.69, 9.17) is 9.97 Å². The number of H-pyrrole nitrogens is 2.